The van der Waals surface area contributed by atoms with Crippen molar-refractivity contribution in [1.29, 1.82) is 0 Å². The van der Waals surface area contributed by atoms with Gasteiger partial charge in [0.05, 0.1) is 12.2 Å². The minimum atomic E-state index is -0.477. The van der Waals surface area contributed by atoms with Gasteiger partial charge in [0.15, 0.2) is 0 Å². The molecule has 5 fully saturated rings. The van der Waals surface area contributed by atoms with Crippen LogP contribution < -0.4 is 0 Å². The first kappa shape index (κ1) is 39.1. The van der Waals surface area contributed by atoms with E-state index in [2.05, 4.69) is 41.5 Å². The maximum Gasteiger partial charge on any atom is 0.306 e. The molecule has 4 saturated carbocycles. The monoisotopic (exact) mass is 702 g/mol. The highest BCUT2D eigenvalue weighted by Crippen LogP contribution is 2.71. The Balaban J connectivity index is 1.49. The summed E-state index contributed by atoms with van der Waals surface area (Å²) >= 11 is 0. The van der Waals surface area contributed by atoms with Crippen LogP contribution in [-0.4, -0.2) is 60.5 Å². The normalized spacial score (nSPS) is 41.5. The van der Waals surface area contributed by atoms with Crippen LogP contribution in [0.3, 0.4) is 0 Å². The zero-order valence-corrected chi connectivity index (χ0v) is 32.5. The van der Waals surface area contributed by atoms with Crippen LogP contribution in [0.2, 0.25) is 0 Å². The first-order valence-corrected chi connectivity index (χ1v) is 20.0. The molecule has 0 aromatic heterocycles. The number of carbonyl (C=O) groups is 4. The summed E-state index contributed by atoms with van der Waals surface area (Å²) in [5.74, 6) is 0.845. The molecule has 50 heavy (non-hydrogen) atoms. The molecule has 1 aliphatic heterocycles. The molecule has 0 aromatic rings. The molecule has 0 amide bonds. The minimum absolute atomic E-state index is 0.115. The lowest BCUT2D eigenvalue weighted by Crippen LogP contribution is -2.59. The maximum atomic E-state index is 13.4. The maximum absolute atomic E-state index is 13.4. The van der Waals surface area contributed by atoms with Crippen LogP contribution in [0.1, 0.15) is 140 Å². The van der Waals surface area contributed by atoms with Gasteiger partial charge in [-0.05, 0) is 104 Å². The topological polar surface area (TPSA) is 114 Å². The van der Waals surface area contributed by atoms with Gasteiger partial charge in [-0.15, -0.1) is 0 Å². The molecule has 284 valence electrons. The Morgan fingerprint density at radius 3 is 2.06 bits per heavy atom. The molecule has 9 nitrogen and oxygen atoms in total. The summed E-state index contributed by atoms with van der Waals surface area (Å²) < 4.78 is 31.7. The summed E-state index contributed by atoms with van der Waals surface area (Å²) in [5, 5.41) is 0. The van der Waals surface area contributed by atoms with Crippen molar-refractivity contribution >= 4 is 23.9 Å². The SMILES string of the molecule is CCCC(=O)OC(C(CC)C(C)C)[C@H]1O[C@H]2[C@H](OC(=O)CCC)[C@H]3[C@@H]4CCC5C[C@H](OC(C)=O)[C@@H](OC(C)=O)C[C@]5(C)[C@H]4CC[C@]3(C)[C@H]2[C@@H]1C. The first-order valence-electron chi connectivity index (χ1n) is 20.0. The Kier molecular flexibility index (Phi) is 12.1. The van der Waals surface area contributed by atoms with E-state index in [0.29, 0.717) is 49.4 Å². The molecule has 4 aliphatic carbocycles. The lowest BCUT2D eigenvalue weighted by molar-refractivity contribution is -0.203. The van der Waals surface area contributed by atoms with Gasteiger partial charge >= 0.3 is 23.9 Å². The van der Waals surface area contributed by atoms with Crippen molar-refractivity contribution in [3.8, 4) is 0 Å². The second kappa shape index (κ2) is 15.4. The van der Waals surface area contributed by atoms with Gasteiger partial charge < -0.3 is 23.7 Å². The van der Waals surface area contributed by atoms with Crippen molar-refractivity contribution in [3.63, 3.8) is 0 Å². The molecule has 0 aromatic carbocycles. The van der Waals surface area contributed by atoms with E-state index < -0.39 is 12.2 Å². The Bertz CT molecular complexity index is 1250. The molecule has 0 N–H and O–H groups in total. The third kappa shape index (κ3) is 7.11. The van der Waals surface area contributed by atoms with E-state index in [1.807, 2.05) is 13.8 Å². The van der Waals surface area contributed by atoms with Crippen molar-refractivity contribution in [1.82, 2.24) is 0 Å². The molecule has 1 saturated heterocycles. The summed E-state index contributed by atoms with van der Waals surface area (Å²) in [6.45, 7) is 20.5. The molecule has 1 heterocycles. The van der Waals surface area contributed by atoms with Gasteiger partial charge in [-0.25, -0.2) is 0 Å². The fraction of sp³-hybridized carbons (Fsp3) is 0.902. The van der Waals surface area contributed by atoms with Crippen molar-refractivity contribution in [2.75, 3.05) is 0 Å². The zero-order chi connectivity index (χ0) is 36.7. The second-order valence-corrected chi connectivity index (χ2v) is 17.5. The van der Waals surface area contributed by atoms with E-state index >= 15 is 0 Å². The first-order chi connectivity index (χ1) is 23.6. The zero-order valence-electron chi connectivity index (χ0n) is 32.5. The highest BCUT2D eigenvalue weighted by atomic mass is 16.6. The molecular weight excluding hydrogens is 636 g/mol. The van der Waals surface area contributed by atoms with E-state index in [0.717, 1.165) is 44.9 Å². The summed E-state index contributed by atoms with van der Waals surface area (Å²) in [5.41, 5.74) is -0.238. The third-order valence-electron chi connectivity index (χ3n) is 14.3. The van der Waals surface area contributed by atoms with Gasteiger partial charge in [-0.2, -0.15) is 0 Å². The van der Waals surface area contributed by atoms with Crippen LogP contribution >= 0.6 is 0 Å². The molecule has 5 rings (SSSR count). The molecule has 3 unspecified atom stereocenters. The number of carbonyl (C=O) groups excluding carboxylic acids is 4. The van der Waals surface area contributed by atoms with Crippen molar-refractivity contribution in [2.24, 2.45) is 58.2 Å². The molecule has 0 bridgehead atoms. The summed E-state index contributed by atoms with van der Waals surface area (Å²) in [6, 6.07) is 0. The van der Waals surface area contributed by atoms with Gasteiger partial charge in [0.25, 0.3) is 0 Å². The lowest BCUT2D eigenvalue weighted by atomic mass is 9.44. The van der Waals surface area contributed by atoms with E-state index in [-0.39, 0.29) is 82.8 Å². The van der Waals surface area contributed by atoms with Crippen LogP contribution in [-0.2, 0) is 42.9 Å². The summed E-state index contributed by atoms with van der Waals surface area (Å²) in [7, 11) is 0. The van der Waals surface area contributed by atoms with Gasteiger partial charge in [0.1, 0.15) is 24.4 Å². The quantitative estimate of drug-likeness (QED) is 0.148. The number of fused-ring (bicyclic) bond motifs is 7. The Labute approximate surface area is 301 Å². The average Bonchev–Trinajstić information content (AvgIpc) is 3.49. The van der Waals surface area contributed by atoms with E-state index in [4.69, 9.17) is 23.7 Å². The summed E-state index contributed by atoms with van der Waals surface area (Å²) in [6.07, 6.45) is 6.28. The Morgan fingerprint density at radius 1 is 0.820 bits per heavy atom. The number of ether oxygens (including phenoxy) is 5. The molecule has 9 heteroatoms. The molecule has 0 spiro atoms. The highest BCUT2D eigenvalue weighted by Gasteiger charge is 2.72. The number of rotatable bonds is 12. The summed E-state index contributed by atoms with van der Waals surface area (Å²) in [4.78, 5) is 50.7. The third-order valence-corrected chi connectivity index (χ3v) is 14.3. The second-order valence-electron chi connectivity index (χ2n) is 17.5. The Morgan fingerprint density at radius 2 is 1.46 bits per heavy atom. The van der Waals surface area contributed by atoms with Gasteiger partial charge in [0, 0.05) is 38.5 Å². The Hall–Kier alpha value is -2.16. The molecule has 5 aliphatic rings. The molecular formula is C41H66O9. The van der Waals surface area contributed by atoms with Gasteiger partial charge in [0.2, 0.25) is 0 Å². The lowest BCUT2D eigenvalue weighted by Gasteiger charge is -2.62. The predicted octanol–water partition coefficient (Wildman–Crippen LogP) is 7.85. The number of hydrogen-bond donors (Lipinski definition) is 0. The van der Waals surface area contributed by atoms with Crippen LogP contribution in [0.15, 0.2) is 0 Å². The fourth-order valence-corrected chi connectivity index (χ4v) is 12.4. The fourth-order valence-electron chi connectivity index (χ4n) is 12.4. The van der Waals surface area contributed by atoms with E-state index in [1.54, 1.807) is 0 Å². The van der Waals surface area contributed by atoms with Crippen LogP contribution in [0.4, 0.5) is 0 Å². The largest absolute Gasteiger partial charge is 0.459 e. The molecule has 15 atom stereocenters. The van der Waals surface area contributed by atoms with Crippen molar-refractivity contribution in [3.05, 3.63) is 0 Å². The van der Waals surface area contributed by atoms with Gasteiger partial charge in [-0.3, -0.25) is 19.2 Å². The van der Waals surface area contributed by atoms with Crippen LogP contribution in [0, 0.1) is 58.2 Å². The van der Waals surface area contributed by atoms with Gasteiger partial charge in [-0.1, -0.05) is 55.4 Å². The smallest absolute Gasteiger partial charge is 0.306 e. The van der Waals surface area contributed by atoms with E-state index in [1.165, 1.54) is 13.8 Å². The minimum Gasteiger partial charge on any atom is -0.459 e. The van der Waals surface area contributed by atoms with Crippen LogP contribution in [0.5, 0.6) is 0 Å². The van der Waals surface area contributed by atoms with Crippen LogP contribution in [0.25, 0.3) is 0 Å². The standard InChI is InChI=1S/C41H66O9/c1-11-14-32(44)48-37(27(13-3)22(4)5)36-23(6)34-38(50-36)39(49-33(45)15-12-2)35-28-17-16-26-20-30(46-24(7)42)31(47-25(8)43)21-41(26,10)29(28)18-19-40(34,35)9/h22-23,26-31,34-39H,11-21H2,1-10H3/t23-,26?,27?,28+,29-,30-,31-,34-,35+,36-,37?,38+,39+,40+,41-/m0/s1. The van der Waals surface area contributed by atoms with Crippen molar-refractivity contribution < 1.29 is 42.9 Å². The number of hydrogen-bond acceptors (Lipinski definition) is 9. The number of esters is 4. The van der Waals surface area contributed by atoms with Crippen molar-refractivity contribution in [2.45, 2.75) is 176 Å². The van der Waals surface area contributed by atoms with E-state index in [9.17, 15) is 19.2 Å². The molecule has 0 radical (unpaired) electrons. The predicted molar refractivity (Wildman–Crippen MR) is 188 cm³/mol. The average molecular weight is 703 g/mol. The highest BCUT2D eigenvalue weighted by molar-refractivity contribution is 5.70.